The Morgan fingerprint density at radius 3 is 0.907 bits per heavy atom. The zero-order valence-electron chi connectivity index (χ0n) is 21.7. The molecule has 0 aliphatic carbocycles. The van der Waals surface area contributed by atoms with Gasteiger partial charge in [-0.3, -0.25) is 0 Å². The number of phenolic OH excluding ortho intramolecular Hbond substituents is 3. The number of carboxylic acid groups (broad SMARTS) is 3. The maximum absolute atomic E-state index is 10.6. The quantitative estimate of drug-likeness (QED) is 0.134. The van der Waals surface area contributed by atoms with Crippen molar-refractivity contribution >= 4 is 50.6 Å². The molecule has 43 heavy (non-hydrogen) atoms. The van der Waals surface area contributed by atoms with Gasteiger partial charge in [0.15, 0.2) is 0 Å². The number of carboxylic acids is 3. The van der Waals surface area contributed by atoms with Gasteiger partial charge < -0.3 is 30.6 Å². The van der Waals surface area contributed by atoms with E-state index in [4.69, 9.17) is 15.3 Å². The van der Waals surface area contributed by atoms with Crippen LogP contribution in [0.5, 0.6) is 17.2 Å². The third-order valence-electron chi connectivity index (χ3n) is 5.75. The predicted octanol–water partition coefficient (Wildman–Crippen LogP) is 4.92. The smallest absolute Gasteiger partial charge is 0.354 e. The molecule has 0 bridgehead atoms. The largest absolute Gasteiger partial charge is 0.506 e. The van der Waals surface area contributed by atoms with E-state index in [2.05, 4.69) is 15.0 Å². The molecule has 1 radical (unpaired) electrons. The van der Waals surface area contributed by atoms with E-state index in [9.17, 15) is 29.7 Å². The molecule has 0 fully saturated rings. The molecule has 0 aliphatic rings. The molecule has 0 aliphatic heterocycles. The molecule has 0 spiro atoms. The first-order valence-corrected chi connectivity index (χ1v) is 12.0. The van der Waals surface area contributed by atoms with Crippen molar-refractivity contribution in [2.24, 2.45) is 0 Å². The summed E-state index contributed by atoms with van der Waals surface area (Å²) in [5, 5.41) is 56.5. The Bertz CT molecular complexity index is 1760. The van der Waals surface area contributed by atoms with Crippen LogP contribution in [0, 0.1) is 37.7 Å². The number of aromatic nitrogens is 3. The second kappa shape index (κ2) is 14.2. The summed E-state index contributed by atoms with van der Waals surface area (Å²) >= 11 is 0. The van der Waals surface area contributed by atoms with Crippen molar-refractivity contribution in [3.8, 4) is 17.2 Å². The minimum Gasteiger partial charge on any atom is -0.506 e. The number of hydrogen-bond donors (Lipinski definition) is 6. The maximum atomic E-state index is 10.6. The van der Waals surface area contributed by atoms with E-state index in [0.29, 0.717) is 16.6 Å². The predicted molar refractivity (Wildman–Crippen MR) is 151 cm³/mol. The van der Waals surface area contributed by atoms with Gasteiger partial charge in [0.25, 0.3) is 0 Å². The number of pyridine rings is 3. The zero-order valence-corrected chi connectivity index (χ0v) is 23.6. The van der Waals surface area contributed by atoms with Crippen LogP contribution in [0.2, 0.25) is 0 Å². The summed E-state index contributed by atoms with van der Waals surface area (Å²) < 4.78 is 0. The Morgan fingerprint density at radius 1 is 0.419 bits per heavy atom. The van der Waals surface area contributed by atoms with E-state index in [-0.39, 0.29) is 72.1 Å². The fourth-order valence-electron chi connectivity index (χ4n) is 3.75. The molecule has 3 heterocycles. The molecule has 3 aromatic heterocycles. The van der Waals surface area contributed by atoms with Crippen LogP contribution >= 0.6 is 0 Å². The molecule has 0 unspecified atom stereocenters. The molecule has 13 heteroatoms. The van der Waals surface area contributed by atoms with Crippen molar-refractivity contribution in [2.45, 2.75) is 0 Å². The Balaban J connectivity index is 0.000000175. The fraction of sp³-hybridized carbons (Fsp3) is 0. The molecule has 0 saturated heterocycles. The van der Waals surface area contributed by atoms with E-state index < -0.39 is 17.9 Å². The van der Waals surface area contributed by atoms with E-state index in [1.807, 2.05) is 0 Å². The van der Waals surface area contributed by atoms with E-state index in [0.717, 1.165) is 16.2 Å². The first-order chi connectivity index (χ1) is 20.0. The Morgan fingerprint density at radius 2 is 0.674 bits per heavy atom. The normalized spacial score (nSPS) is 10.0. The van der Waals surface area contributed by atoms with Gasteiger partial charge in [-0.2, -0.15) is 0 Å². The first kappa shape index (κ1) is 32.5. The van der Waals surface area contributed by atoms with Gasteiger partial charge in [-0.15, -0.1) is 0 Å². The number of phenols is 3. The number of benzene rings is 3. The van der Waals surface area contributed by atoms with Crippen LogP contribution in [-0.4, -0.2) is 63.5 Å². The van der Waals surface area contributed by atoms with Crippen molar-refractivity contribution in [2.75, 3.05) is 0 Å². The number of aromatic carboxylic acids is 3. The van der Waals surface area contributed by atoms with Crippen molar-refractivity contribution in [1.29, 1.82) is 0 Å². The van der Waals surface area contributed by atoms with Crippen LogP contribution in [-0.2, 0) is 0 Å². The summed E-state index contributed by atoms with van der Waals surface area (Å²) in [6.45, 7) is 0. The van der Waals surface area contributed by atoms with Crippen LogP contribution in [0.4, 0.5) is 0 Å². The summed E-state index contributed by atoms with van der Waals surface area (Å²) in [7, 11) is 0. The van der Waals surface area contributed by atoms with Crippen molar-refractivity contribution < 1.29 is 82.8 Å². The van der Waals surface area contributed by atoms with Gasteiger partial charge in [-0.05, 0) is 36.4 Å². The molecule has 221 valence electrons. The Kier molecular flexibility index (Phi) is 10.7. The van der Waals surface area contributed by atoms with Crippen molar-refractivity contribution in [3.05, 3.63) is 108 Å². The summed E-state index contributed by atoms with van der Waals surface area (Å²) in [6.07, 6.45) is 0. The molecular weight excluding hydrogens is 711 g/mol. The van der Waals surface area contributed by atoms with E-state index in [1.54, 1.807) is 54.6 Å². The molecule has 0 atom stereocenters. The Hall–Kier alpha value is -5.04. The molecule has 3 aromatic carbocycles. The van der Waals surface area contributed by atoms with Gasteiger partial charge in [0.2, 0.25) is 0 Å². The van der Waals surface area contributed by atoms with Gasteiger partial charge in [0.1, 0.15) is 50.9 Å². The number of fused-ring (bicyclic) bond motifs is 3. The summed E-state index contributed by atoms with van der Waals surface area (Å²) in [5.41, 5.74) is 0.726. The van der Waals surface area contributed by atoms with Crippen LogP contribution in [0.25, 0.3) is 32.7 Å². The van der Waals surface area contributed by atoms with Gasteiger partial charge >= 0.3 is 17.9 Å². The topological polar surface area (TPSA) is 211 Å². The summed E-state index contributed by atoms with van der Waals surface area (Å²) in [4.78, 5) is 43.3. The second-order valence-corrected chi connectivity index (χ2v) is 8.55. The summed E-state index contributed by atoms with van der Waals surface area (Å²) in [5.74, 6) is -3.33. The number of rotatable bonds is 3. The monoisotopic (exact) mass is 732 g/mol. The zero-order chi connectivity index (χ0) is 30.4. The average Bonchev–Trinajstić information content (AvgIpc) is 2.98. The second-order valence-electron chi connectivity index (χ2n) is 8.55. The van der Waals surface area contributed by atoms with Gasteiger partial charge in [0, 0.05) is 53.9 Å². The standard InChI is InChI=1S/3C10H7NO3.Ho/c3*12-8-3-1-2-6-4-5-7(10(13)14)11-9(6)8;/h3*1-5,12H,(H,13,14);. The van der Waals surface area contributed by atoms with Crippen LogP contribution in [0.15, 0.2) is 91.0 Å². The average molecular weight is 732 g/mol. The van der Waals surface area contributed by atoms with Gasteiger partial charge in [-0.25, -0.2) is 29.3 Å². The van der Waals surface area contributed by atoms with Crippen LogP contribution in [0.3, 0.4) is 0 Å². The van der Waals surface area contributed by atoms with Gasteiger partial charge in [0.05, 0.1) is 0 Å². The molecule has 6 N–H and O–H groups in total. The SMILES string of the molecule is O=C(O)c1ccc2cccc(O)c2n1.O=C(O)c1ccc2cccc(O)c2n1.O=C(O)c1ccc2cccc(O)c2n1.[Ho]. The first-order valence-electron chi connectivity index (χ1n) is 12.0. The van der Waals surface area contributed by atoms with Crippen molar-refractivity contribution in [3.63, 3.8) is 0 Å². The Labute approximate surface area is 272 Å². The third kappa shape index (κ3) is 7.83. The van der Waals surface area contributed by atoms with Crippen LogP contribution < -0.4 is 0 Å². The molecule has 6 aromatic rings. The molecule has 0 saturated carbocycles. The van der Waals surface area contributed by atoms with E-state index >= 15 is 0 Å². The van der Waals surface area contributed by atoms with Crippen LogP contribution in [0.1, 0.15) is 31.5 Å². The minimum atomic E-state index is -1.10. The third-order valence-corrected chi connectivity index (χ3v) is 5.75. The van der Waals surface area contributed by atoms with E-state index in [1.165, 1.54) is 36.4 Å². The number of para-hydroxylation sites is 3. The number of carbonyl (C=O) groups is 3. The number of hydrogen-bond acceptors (Lipinski definition) is 9. The number of aromatic hydroxyl groups is 3. The number of nitrogens with zero attached hydrogens (tertiary/aromatic N) is 3. The molecule has 6 rings (SSSR count). The van der Waals surface area contributed by atoms with Gasteiger partial charge in [-0.1, -0.05) is 54.6 Å². The summed E-state index contributed by atoms with van der Waals surface area (Å²) in [6, 6.07) is 23.8. The van der Waals surface area contributed by atoms with Crippen molar-refractivity contribution in [1.82, 2.24) is 15.0 Å². The molecule has 0 amide bonds. The molecule has 12 nitrogen and oxygen atoms in total. The minimum absolute atomic E-state index is 0. The fourth-order valence-corrected chi connectivity index (χ4v) is 3.75. The molecular formula is C30H21HoN3O9. The maximum Gasteiger partial charge on any atom is 0.354 e.